The van der Waals surface area contributed by atoms with Gasteiger partial charge in [-0.2, -0.15) is 0 Å². The fourth-order valence-corrected chi connectivity index (χ4v) is 4.48. The van der Waals surface area contributed by atoms with Crippen molar-refractivity contribution in [1.29, 1.82) is 0 Å². The number of rotatable bonds is 2. The van der Waals surface area contributed by atoms with E-state index in [4.69, 9.17) is 9.47 Å². The maximum absolute atomic E-state index is 12.6. The molecule has 0 radical (unpaired) electrons. The first-order valence-corrected chi connectivity index (χ1v) is 8.91. The molecule has 1 aliphatic heterocycles. The molecule has 7 heteroatoms. The molecule has 0 bridgehead atoms. The summed E-state index contributed by atoms with van der Waals surface area (Å²) in [6, 6.07) is 0. The summed E-state index contributed by atoms with van der Waals surface area (Å²) in [6.45, 7) is 10.1. The number of ether oxygens (including phenoxy) is 2. The molecule has 0 aromatic rings. The van der Waals surface area contributed by atoms with Gasteiger partial charge in [-0.3, -0.25) is 4.79 Å². The van der Waals surface area contributed by atoms with Crippen molar-refractivity contribution >= 4 is 17.7 Å². The van der Waals surface area contributed by atoms with Crippen LogP contribution in [0.25, 0.3) is 0 Å². The van der Waals surface area contributed by atoms with Gasteiger partial charge in [0.15, 0.2) is 5.76 Å². The van der Waals surface area contributed by atoms with Crippen LogP contribution < -0.4 is 0 Å². The van der Waals surface area contributed by atoms with Crippen LogP contribution in [0, 0.1) is 17.8 Å². The number of carbonyl (C=O) groups excluding carboxylic acids is 3. The summed E-state index contributed by atoms with van der Waals surface area (Å²) in [5, 5.41) is 21.2. The third-order valence-corrected chi connectivity index (χ3v) is 6.06. The Labute approximate surface area is 157 Å². The topological polar surface area (TPSA) is 110 Å². The standard InChI is InChI=1S/C20H24O7/c1-6-8(2)18(23)26-11-7-20(5,25)14-13(9(3)15(21)16(14)22)17-12(11)10(4)19(24)27-17/h6,11-14,17,21,25H,4,7H2,1-3,5H3/b8-6+/t11-,12-,13+,14+,17-,20+/m1/s1. The van der Waals surface area contributed by atoms with Crippen molar-refractivity contribution in [3.05, 3.63) is 35.1 Å². The lowest BCUT2D eigenvalue weighted by Crippen LogP contribution is -2.44. The van der Waals surface area contributed by atoms with Gasteiger partial charge in [0, 0.05) is 23.5 Å². The van der Waals surface area contributed by atoms with Gasteiger partial charge in [-0.1, -0.05) is 12.7 Å². The molecule has 2 fully saturated rings. The number of hydrogen-bond donors (Lipinski definition) is 2. The Morgan fingerprint density at radius 3 is 2.59 bits per heavy atom. The minimum atomic E-state index is -1.57. The fraction of sp³-hybridized carbons (Fsp3) is 0.550. The average molecular weight is 376 g/mol. The van der Waals surface area contributed by atoms with Crippen LogP contribution in [0.1, 0.15) is 34.1 Å². The third kappa shape index (κ3) is 2.81. The summed E-state index contributed by atoms with van der Waals surface area (Å²) in [6.07, 6.45) is -0.218. The van der Waals surface area contributed by atoms with E-state index in [9.17, 15) is 24.6 Å². The van der Waals surface area contributed by atoms with E-state index in [1.807, 2.05) is 0 Å². The van der Waals surface area contributed by atoms with Crippen LogP contribution in [-0.4, -0.2) is 45.7 Å². The van der Waals surface area contributed by atoms with E-state index in [0.29, 0.717) is 11.1 Å². The quantitative estimate of drug-likeness (QED) is 0.558. The molecule has 1 saturated carbocycles. The summed E-state index contributed by atoms with van der Waals surface area (Å²) in [5.74, 6) is -4.59. The van der Waals surface area contributed by atoms with Gasteiger partial charge in [0.05, 0.1) is 17.4 Å². The second kappa shape index (κ2) is 6.34. The van der Waals surface area contributed by atoms with Gasteiger partial charge in [-0.05, 0) is 33.3 Å². The van der Waals surface area contributed by atoms with Gasteiger partial charge in [0.25, 0.3) is 0 Å². The number of carbonyl (C=O) groups is 3. The van der Waals surface area contributed by atoms with E-state index < -0.39 is 59.0 Å². The fourth-order valence-electron chi connectivity index (χ4n) is 4.48. The van der Waals surface area contributed by atoms with Crippen molar-refractivity contribution in [2.24, 2.45) is 17.8 Å². The maximum atomic E-state index is 12.6. The summed E-state index contributed by atoms with van der Waals surface area (Å²) in [4.78, 5) is 37.1. The maximum Gasteiger partial charge on any atom is 0.334 e. The highest BCUT2D eigenvalue weighted by atomic mass is 16.6. The SMILES string of the molecule is C=C1C(=O)O[C@H]2[C@H]3C(C)=C(O)C(=O)[C@H]3[C@@](C)(O)C[C@@H](OC(=O)/C(C)=C/C)[C@@H]12. The predicted molar refractivity (Wildman–Crippen MR) is 94.4 cm³/mol. The Hall–Kier alpha value is -2.41. The highest BCUT2D eigenvalue weighted by Crippen LogP contribution is 2.53. The van der Waals surface area contributed by atoms with Crippen molar-refractivity contribution in [2.75, 3.05) is 0 Å². The van der Waals surface area contributed by atoms with Crippen molar-refractivity contribution in [1.82, 2.24) is 0 Å². The molecule has 3 rings (SSSR count). The molecule has 3 aliphatic rings. The highest BCUT2D eigenvalue weighted by molar-refractivity contribution is 6.00. The molecule has 2 aliphatic carbocycles. The second-order valence-electron chi connectivity index (χ2n) is 7.80. The van der Waals surface area contributed by atoms with E-state index >= 15 is 0 Å². The monoisotopic (exact) mass is 376 g/mol. The van der Waals surface area contributed by atoms with Crippen LogP contribution in [0.3, 0.4) is 0 Å². The smallest absolute Gasteiger partial charge is 0.334 e. The molecule has 1 saturated heterocycles. The number of aliphatic hydroxyl groups is 2. The number of Topliss-reactive ketones (excluding diaryl/α,β-unsaturated/α-hetero) is 1. The Morgan fingerprint density at radius 2 is 2.00 bits per heavy atom. The predicted octanol–water partition coefficient (Wildman–Crippen LogP) is 1.76. The van der Waals surface area contributed by atoms with E-state index in [-0.39, 0.29) is 12.0 Å². The second-order valence-corrected chi connectivity index (χ2v) is 7.80. The van der Waals surface area contributed by atoms with E-state index in [1.165, 1.54) is 6.92 Å². The van der Waals surface area contributed by atoms with Gasteiger partial charge >= 0.3 is 11.9 Å². The molecular formula is C20H24O7. The van der Waals surface area contributed by atoms with Gasteiger partial charge < -0.3 is 19.7 Å². The Morgan fingerprint density at radius 1 is 1.37 bits per heavy atom. The molecule has 7 nitrogen and oxygen atoms in total. The molecule has 0 unspecified atom stereocenters. The van der Waals surface area contributed by atoms with Crippen LogP contribution >= 0.6 is 0 Å². The molecule has 0 aromatic carbocycles. The number of esters is 2. The molecule has 6 atom stereocenters. The molecule has 0 amide bonds. The molecular weight excluding hydrogens is 352 g/mol. The van der Waals surface area contributed by atoms with Crippen LogP contribution in [0.5, 0.6) is 0 Å². The molecule has 27 heavy (non-hydrogen) atoms. The number of aliphatic hydroxyl groups excluding tert-OH is 1. The van der Waals surface area contributed by atoms with Crippen molar-refractivity contribution in [3.8, 4) is 0 Å². The van der Waals surface area contributed by atoms with E-state index in [0.717, 1.165) is 0 Å². The minimum absolute atomic E-state index is 0.0833. The molecule has 1 heterocycles. The normalized spacial score (nSPS) is 39.1. The van der Waals surface area contributed by atoms with Gasteiger partial charge in [0.1, 0.15) is 12.2 Å². The van der Waals surface area contributed by atoms with E-state index in [1.54, 1.807) is 26.8 Å². The van der Waals surface area contributed by atoms with Crippen LogP contribution in [0.15, 0.2) is 35.1 Å². The van der Waals surface area contributed by atoms with Crippen LogP contribution in [0.2, 0.25) is 0 Å². The molecule has 0 aromatic heterocycles. The summed E-state index contributed by atoms with van der Waals surface area (Å²) in [7, 11) is 0. The van der Waals surface area contributed by atoms with Crippen molar-refractivity contribution < 1.29 is 34.1 Å². The van der Waals surface area contributed by atoms with Crippen LogP contribution in [0.4, 0.5) is 0 Å². The zero-order chi connectivity index (χ0) is 20.3. The zero-order valence-electron chi connectivity index (χ0n) is 15.8. The van der Waals surface area contributed by atoms with Gasteiger partial charge in [-0.15, -0.1) is 0 Å². The molecule has 2 N–H and O–H groups in total. The number of ketones is 1. The van der Waals surface area contributed by atoms with Crippen molar-refractivity contribution in [3.63, 3.8) is 0 Å². The Kier molecular flexibility index (Phi) is 4.54. The summed E-state index contributed by atoms with van der Waals surface area (Å²) < 4.78 is 11.1. The number of allylic oxidation sites excluding steroid dienone is 2. The van der Waals surface area contributed by atoms with Crippen molar-refractivity contribution in [2.45, 2.75) is 51.9 Å². The minimum Gasteiger partial charge on any atom is -0.504 e. The lowest BCUT2D eigenvalue weighted by molar-refractivity contribution is -0.150. The lowest BCUT2D eigenvalue weighted by Gasteiger charge is -2.33. The van der Waals surface area contributed by atoms with Crippen LogP contribution in [-0.2, 0) is 23.9 Å². The van der Waals surface area contributed by atoms with Gasteiger partial charge in [-0.25, -0.2) is 9.59 Å². The molecule has 0 spiro atoms. The first-order valence-electron chi connectivity index (χ1n) is 8.91. The number of hydrogen-bond acceptors (Lipinski definition) is 7. The zero-order valence-corrected chi connectivity index (χ0v) is 15.8. The highest BCUT2D eigenvalue weighted by Gasteiger charge is 2.62. The Balaban J connectivity index is 2.09. The first kappa shape index (κ1) is 19.4. The summed E-state index contributed by atoms with van der Waals surface area (Å²) in [5.41, 5.74) is -0.686. The molecule has 146 valence electrons. The third-order valence-electron chi connectivity index (χ3n) is 6.06. The largest absolute Gasteiger partial charge is 0.504 e. The lowest BCUT2D eigenvalue weighted by atomic mass is 9.76. The average Bonchev–Trinajstić information content (AvgIpc) is 2.97. The first-order chi connectivity index (χ1) is 12.5. The Bertz CT molecular complexity index is 801. The summed E-state index contributed by atoms with van der Waals surface area (Å²) >= 11 is 0. The van der Waals surface area contributed by atoms with Gasteiger partial charge in [0.2, 0.25) is 5.78 Å². The van der Waals surface area contributed by atoms with E-state index in [2.05, 4.69) is 6.58 Å². The number of fused-ring (bicyclic) bond motifs is 3.